The van der Waals surface area contributed by atoms with Crippen molar-refractivity contribution in [1.29, 1.82) is 0 Å². The molecule has 4 heteroatoms. The van der Waals surface area contributed by atoms with Crippen LogP contribution in [0.2, 0.25) is 0 Å². The average Bonchev–Trinajstić information content (AvgIpc) is 3.79. The van der Waals surface area contributed by atoms with Crippen molar-refractivity contribution in [2.45, 2.75) is 5.41 Å². The number of nitrogens with zero attached hydrogens (tertiary/aromatic N) is 4. The van der Waals surface area contributed by atoms with Crippen LogP contribution >= 0.6 is 0 Å². The van der Waals surface area contributed by atoms with Gasteiger partial charge in [-0.15, -0.1) is 0 Å². The van der Waals surface area contributed by atoms with Crippen molar-refractivity contribution >= 4 is 43.4 Å². The van der Waals surface area contributed by atoms with Gasteiger partial charge in [-0.2, -0.15) is 0 Å². The lowest BCUT2D eigenvalue weighted by Gasteiger charge is -2.39. The molecule has 0 bridgehead atoms. The van der Waals surface area contributed by atoms with E-state index in [-0.39, 0.29) is 0 Å². The van der Waals surface area contributed by atoms with Gasteiger partial charge in [0, 0.05) is 27.5 Å². The minimum Gasteiger partial charge on any atom is -0.309 e. The first-order valence-corrected chi connectivity index (χ1v) is 19.9. The molecule has 1 aliphatic carbocycles. The van der Waals surface area contributed by atoms with Crippen LogP contribution < -0.4 is 0 Å². The van der Waals surface area contributed by atoms with Crippen molar-refractivity contribution in [2.75, 3.05) is 0 Å². The molecule has 1 spiro atoms. The van der Waals surface area contributed by atoms with E-state index < -0.39 is 5.41 Å². The van der Waals surface area contributed by atoms with Crippen LogP contribution in [0.4, 0.5) is 0 Å². The first-order chi connectivity index (χ1) is 28.8. The lowest BCUT2D eigenvalue weighted by Crippen LogP contribution is -2.33. The van der Waals surface area contributed by atoms with E-state index in [0.717, 1.165) is 43.8 Å². The fourth-order valence-corrected chi connectivity index (χ4v) is 10.3. The van der Waals surface area contributed by atoms with Gasteiger partial charge in [-0.1, -0.05) is 170 Å². The Kier molecular flexibility index (Phi) is 6.34. The number of hydrogen-bond acceptors (Lipinski definition) is 3. The summed E-state index contributed by atoms with van der Waals surface area (Å²) in [4.78, 5) is 15.8. The highest BCUT2D eigenvalue weighted by Gasteiger charge is 2.50. The minimum atomic E-state index is -0.453. The molecular formula is C54H32N4. The maximum absolute atomic E-state index is 5.29. The Morgan fingerprint density at radius 1 is 0.345 bits per heavy atom. The highest BCUT2D eigenvalue weighted by atomic mass is 15.0. The molecule has 268 valence electrons. The van der Waals surface area contributed by atoms with Gasteiger partial charge in [-0.05, 0) is 79.2 Å². The Morgan fingerprint density at radius 3 is 1.50 bits per heavy atom. The van der Waals surface area contributed by atoms with Crippen molar-refractivity contribution in [3.05, 3.63) is 216 Å². The molecule has 13 rings (SSSR count). The number of hydrogen-bond donors (Lipinski definition) is 0. The Balaban J connectivity index is 1.09. The van der Waals surface area contributed by atoms with E-state index in [1.165, 1.54) is 55.4 Å². The molecule has 2 aromatic heterocycles. The molecule has 2 aliphatic rings. The lowest BCUT2D eigenvalue weighted by molar-refractivity contribution is 0.748. The maximum atomic E-state index is 5.29. The molecule has 1 aliphatic heterocycles. The lowest BCUT2D eigenvalue weighted by atomic mass is 9.65. The van der Waals surface area contributed by atoms with E-state index in [9.17, 15) is 0 Å². The van der Waals surface area contributed by atoms with Gasteiger partial charge in [-0.3, -0.25) is 0 Å². The van der Waals surface area contributed by atoms with Crippen LogP contribution in [-0.2, 0) is 5.41 Å². The monoisotopic (exact) mass is 736 g/mol. The third-order valence-electron chi connectivity index (χ3n) is 12.6. The van der Waals surface area contributed by atoms with E-state index in [4.69, 9.17) is 15.0 Å². The smallest absolute Gasteiger partial charge is 0.164 e. The fraction of sp³-hybridized carbons (Fsp3) is 0.0185. The molecule has 0 fully saturated rings. The molecule has 0 N–H and O–H groups in total. The molecule has 0 radical (unpaired) electrons. The molecule has 0 saturated heterocycles. The van der Waals surface area contributed by atoms with Gasteiger partial charge in [0.25, 0.3) is 0 Å². The Labute approximate surface area is 334 Å². The molecule has 3 heterocycles. The third kappa shape index (κ3) is 4.10. The zero-order valence-electron chi connectivity index (χ0n) is 31.3. The second-order valence-corrected chi connectivity index (χ2v) is 15.5. The zero-order chi connectivity index (χ0) is 38.0. The summed E-state index contributed by atoms with van der Waals surface area (Å²) in [6.45, 7) is 0. The van der Waals surface area contributed by atoms with Crippen LogP contribution in [0.25, 0.3) is 94.3 Å². The summed E-state index contributed by atoms with van der Waals surface area (Å²) in [6, 6.07) is 70.2. The summed E-state index contributed by atoms with van der Waals surface area (Å²) in [5.41, 5.74) is 13.9. The van der Waals surface area contributed by atoms with E-state index >= 15 is 0 Å². The van der Waals surface area contributed by atoms with Crippen molar-refractivity contribution in [2.24, 2.45) is 0 Å². The third-order valence-corrected chi connectivity index (χ3v) is 12.6. The van der Waals surface area contributed by atoms with Crippen molar-refractivity contribution in [1.82, 2.24) is 19.5 Å². The first-order valence-electron chi connectivity index (χ1n) is 19.9. The quantitative estimate of drug-likeness (QED) is 0.181. The Morgan fingerprint density at radius 2 is 0.828 bits per heavy atom. The van der Waals surface area contributed by atoms with Gasteiger partial charge in [0.15, 0.2) is 17.5 Å². The molecule has 58 heavy (non-hydrogen) atoms. The molecule has 9 aromatic carbocycles. The number of benzene rings is 9. The van der Waals surface area contributed by atoms with E-state index in [1.54, 1.807) is 0 Å². The summed E-state index contributed by atoms with van der Waals surface area (Å²) in [5, 5.41) is 6.89. The van der Waals surface area contributed by atoms with Crippen molar-refractivity contribution in [3.8, 4) is 51.0 Å². The van der Waals surface area contributed by atoms with Crippen molar-refractivity contribution < 1.29 is 0 Å². The summed E-state index contributed by atoms with van der Waals surface area (Å²) >= 11 is 0. The Bertz CT molecular complexity index is 3390. The second kappa shape index (κ2) is 11.7. The number of fused-ring (bicyclic) bond motifs is 14. The number of aromatic nitrogens is 4. The van der Waals surface area contributed by atoms with Crippen molar-refractivity contribution in [3.63, 3.8) is 0 Å². The molecule has 0 atom stereocenters. The van der Waals surface area contributed by atoms with E-state index in [2.05, 4.69) is 199 Å². The summed E-state index contributed by atoms with van der Waals surface area (Å²) in [5.74, 6) is 1.95. The van der Waals surface area contributed by atoms with Gasteiger partial charge >= 0.3 is 0 Å². The fourth-order valence-electron chi connectivity index (χ4n) is 10.3. The summed E-state index contributed by atoms with van der Waals surface area (Å²) in [6.07, 6.45) is 0. The van der Waals surface area contributed by atoms with Crippen LogP contribution in [0.15, 0.2) is 194 Å². The SMILES string of the molecule is c1ccc2c(c1)-c1ccccc1C21c2ccccc2-n2c3ccc(-c4nc(-c5cccc6ccccc56)nc(-c5cccc6ccccc56)n4)cc3c3cccc1c32. The standard InChI is InChI=1S/C54H32N4/c1-3-18-36-33(14-1)16-11-23-41(36)52-55-51(56-53(57-52)42-24-12-17-34-15-2-4-19-37(34)42)35-30-31-48-43(32-35)40-22-13-28-47-50(40)58(48)49-29-10-9-27-46(49)54(47)44-25-7-5-20-38(44)39-21-6-8-26-45(39)54/h1-32H. The molecule has 0 saturated carbocycles. The highest BCUT2D eigenvalue weighted by Crippen LogP contribution is 2.61. The van der Waals surface area contributed by atoms with Gasteiger partial charge in [0.1, 0.15) is 0 Å². The molecule has 11 aromatic rings. The van der Waals surface area contributed by atoms with Gasteiger partial charge in [0.2, 0.25) is 0 Å². The van der Waals surface area contributed by atoms with E-state index in [1.807, 2.05) is 0 Å². The topological polar surface area (TPSA) is 43.6 Å². The van der Waals surface area contributed by atoms with Crippen LogP contribution in [-0.4, -0.2) is 19.5 Å². The average molecular weight is 737 g/mol. The number of rotatable bonds is 3. The van der Waals surface area contributed by atoms with Crippen LogP contribution in [0.5, 0.6) is 0 Å². The summed E-state index contributed by atoms with van der Waals surface area (Å²) in [7, 11) is 0. The molecular weight excluding hydrogens is 705 g/mol. The zero-order valence-corrected chi connectivity index (χ0v) is 31.3. The molecule has 0 amide bonds. The minimum absolute atomic E-state index is 0.453. The maximum Gasteiger partial charge on any atom is 0.164 e. The normalized spacial score (nSPS) is 13.3. The highest BCUT2D eigenvalue weighted by molar-refractivity contribution is 6.14. The van der Waals surface area contributed by atoms with E-state index in [0.29, 0.717) is 17.5 Å². The largest absolute Gasteiger partial charge is 0.309 e. The summed E-state index contributed by atoms with van der Waals surface area (Å²) < 4.78 is 2.49. The van der Waals surface area contributed by atoms with Crippen LogP contribution in [0, 0.1) is 0 Å². The Hall–Kier alpha value is -7.69. The first kappa shape index (κ1) is 31.5. The number of para-hydroxylation sites is 2. The van der Waals surface area contributed by atoms with Crippen LogP contribution in [0.3, 0.4) is 0 Å². The molecule has 4 nitrogen and oxygen atoms in total. The van der Waals surface area contributed by atoms with Gasteiger partial charge in [-0.25, -0.2) is 15.0 Å². The van der Waals surface area contributed by atoms with Gasteiger partial charge < -0.3 is 4.57 Å². The predicted octanol–water partition coefficient (Wildman–Crippen LogP) is 13.0. The van der Waals surface area contributed by atoms with Crippen LogP contribution in [0.1, 0.15) is 22.3 Å². The predicted molar refractivity (Wildman–Crippen MR) is 236 cm³/mol. The molecule has 0 unspecified atom stereocenters. The second-order valence-electron chi connectivity index (χ2n) is 15.5. The van der Waals surface area contributed by atoms with Gasteiger partial charge in [0.05, 0.1) is 22.1 Å².